The van der Waals surface area contributed by atoms with Crippen LogP contribution in [0.2, 0.25) is 10.0 Å². The number of likely N-dealkylation sites (N-methyl/N-ethyl adjacent to an activating group) is 1. The highest BCUT2D eigenvalue weighted by molar-refractivity contribution is 7.92. The van der Waals surface area contributed by atoms with Crippen LogP contribution in [0.1, 0.15) is 24.5 Å². The number of nitrogens with one attached hydrogen (secondary N) is 1. The normalized spacial score (nSPS) is 12.2. The molecule has 0 aromatic heterocycles. The van der Waals surface area contributed by atoms with E-state index in [0.717, 1.165) is 10.6 Å². The first kappa shape index (κ1) is 26.0. The van der Waals surface area contributed by atoms with Gasteiger partial charge >= 0.3 is 0 Å². The molecule has 0 spiro atoms. The van der Waals surface area contributed by atoms with E-state index in [-0.39, 0.29) is 12.5 Å². The van der Waals surface area contributed by atoms with Crippen LogP contribution in [0.4, 0.5) is 5.69 Å². The molecule has 7 nitrogen and oxygen atoms in total. The Hall–Kier alpha value is -2.29. The highest BCUT2D eigenvalue weighted by Crippen LogP contribution is 2.29. The van der Waals surface area contributed by atoms with Crippen molar-refractivity contribution in [3.63, 3.8) is 0 Å². The summed E-state index contributed by atoms with van der Waals surface area (Å²) in [4.78, 5) is 27.4. The highest BCUT2D eigenvalue weighted by Gasteiger charge is 2.32. The van der Waals surface area contributed by atoms with Crippen LogP contribution in [0.5, 0.6) is 0 Å². The van der Waals surface area contributed by atoms with Gasteiger partial charge in [-0.25, -0.2) is 8.42 Å². The first-order chi connectivity index (χ1) is 15.0. The number of nitrogens with zero attached hydrogens (tertiary/aromatic N) is 2. The number of anilines is 1. The van der Waals surface area contributed by atoms with Crippen LogP contribution in [-0.2, 0) is 26.2 Å². The molecule has 2 rings (SSSR count). The molecule has 0 radical (unpaired) electrons. The van der Waals surface area contributed by atoms with E-state index in [4.69, 9.17) is 23.2 Å². The summed E-state index contributed by atoms with van der Waals surface area (Å²) >= 11 is 12.5. The lowest BCUT2D eigenvalue weighted by Crippen LogP contribution is -2.51. The van der Waals surface area contributed by atoms with Crippen molar-refractivity contribution in [2.24, 2.45) is 0 Å². The maximum atomic E-state index is 13.5. The van der Waals surface area contributed by atoms with Gasteiger partial charge in [-0.15, -0.1) is 0 Å². The van der Waals surface area contributed by atoms with E-state index in [0.29, 0.717) is 33.3 Å². The Bertz CT molecular complexity index is 1090. The molecule has 32 heavy (non-hydrogen) atoms. The van der Waals surface area contributed by atoms with Gasteiger partial charge in [0.1, 0.15) is 12.6 Å². The summed E-state index contributed by atoms with van der Waals surface area (Å²) in [6, 6.07) is 11.0. The van der Waals surface area contributed by atoms with Gasteiger partial charge in [-0.2, -0.15) is 0 Å². The predicted molar refractivity (Wildman–Crippen MR) is 129 cm³/mol. The number of carbonyl (C=O) groups is 2. The van der Waals surface area contributed by atoms with E-state index < -0.39 is 28.5 Å². The number of carbonyl (C=O) groups excluding carboxylic acids is 2. The topological polar surface area (TPSA) is 86.8 Å². The van der Waals surface area contributed by atoms with Crippen molar-refractivity contribution >= 4 is 50.7 Å². The lowest BCUT2D eigenvalue weighted by atomic mass is 10.1. The Morgan fingerprint density at radius 2 is 1.69 bits per heavy atom. The maximum absolute atomic E-state index is 13.5. The van der Waals surface area contributed by atoms with Gasteiger partial charge in [0, 0.05) is 23.6 Å². The number of amides is 2. The van der Waals surface area contributed by atoms with Gasteiger partial charge in [-0.3, -0.25) is 13.9 Å². The average molecular weight is 500 g/mol. The molecule has 174 valence electrons. The van der Waals surface area contributed by atoms with Crippen LogP contribution in [0, 0.1) is 6.92 Å². The minimum Gasteiger partial charge on any atom is -0.357 e. The molecule has 1 N–H and O–H groups in total. The molecular weight excluding hydrogens is 473 g/mol. The summed E-state index contributed by atoms with van der Waals surface area (Å²) in [5.41, 5.74) is 1.48. The van der Waals surface area contributed by atoms with E-state index in [2.05, 4.69) is 5.32 Å². The number of halogens is 2. The van der Waals surface area contributed by atoms with Crippen LogP contribution in [0.25, 0.3) is 0 Å². The zero-order chi connectivity index (χ0) is 24.1. The quantitative estimate of drug-likeness (QED) is 0.570. The number of hydrogen-bond donors (Lipinski definition) is 1. The first-order valence-electron chi connectivity index (χ1n) is 9.98. The summed E-state index contributed by atoms with van der Waals surface area (Å²) in [6.45, 7) is 3.03. The molecular formula is C22H27Cl2N3O4S. The Kier molecular flexibility index (Phi) is 8.95. The molecule has 0 saturated carbocycles. The zero-order valence-electron chi connectivity index (χ0n) is 18.4. The second kappa shape index (κ2) is 11.0. The minimum atomic E-state index is -3.82. The Balaban J connectivity index is 2.49. The van der Waals surface area contributed by atoms with Crippen molar-refractivity contribution in [2.45, 2.75) is 32.9 Å². The van der Waals surface area contributed by atoms with Gasteiger partial charge in [-0.1, -0.05) is 54.4 Å². The number of sulfonamides is 1. The predicted octanol–water partition coefficient (Wildman–Crippen LogP) is 3.62. The molecule has 0 unspecified atom stereocenters. The molecule has 0 saturated heterocycles. The molecule has 1 atom stereocenters. The van der Waals surface area contributed by atoms with Crippen LogP contribution < -0.4 is 9.62 Å². The van der Waals surface area contributed by atoms with E-state index in [9.17, 15) is 18.0 Å². The van der Waals surface area contributed by atoms with Crippen molar-refractivity contribution < 1.29 is 18.0 Å². The number of hydrogen-bond acceptors (Lipinski definition) is 4. The van der Waals surface area contributed by atoms with Gasteiger partial charge in [0.25, 0.3) is 0 Å². The summed E-state index contributed by atoms with van der Waals surface area (Å²) in [5.74, 6) is -0.886. The van der Waals surface area contributed by atoms with Crippen molar-refractivity contribution in [2.75, 3.05) is 24.2 Å². The lowest BCUT2D eigenvalue weighted by Gasteiger charge is -2.33. The summed E-state index contributed by atoms with van der Waals surface area (Å²) in [5, 5.41) is 3.40. The monoisotopic (exact) mass is 499 g/mol. The van der Waals surface area contributed by atoms with Crippen LogP contribution in [0.15, 0.2) is 42.5 Å². The van der Waals surface area contributed by atoms with E-state index in [1.165, 1.54) is 11.9 Å². The molecule has 0 aliphatic carbocycles. The van der Waals surface area contributed by atoms with Crippen LogP contribution in [0.3, 0.4) is 0 Å². The average Bonchev–Trinajstić information content (AvgIpc) is 2.74. The second-order valence-corrected chi connectivity index (χ2v) is 10.0. The van der Waals surface area contributed by atoms with Gasteiger partial charge in [0.15, 0.2) is 0 Å². The molecule has 0 bridgehead atoms. The van der Waals surface area contributed by atoms with Gasteiger partial charge < -0.3 is 10.2 Å². The smallest absolute Gasteiger partial charge is 0.244 e. The Morgan fingerprint density at radius 1 is 1.06 bits per heavy atom. The molecule has 0 aliphatic heterocycles. The lowest BCUT2D eigenvalue weighted by molar-refractivity contribution is -0.140. The Labute approximate surface area is 199 Å². The third-order valence-electron chi connectivity index (χ3n) is 5.12. The fraction of sp³-hybridized carbons (Fsp3) is 0.364. The van der Waals surface area contributed by atoms with Crippen molar-refractivity contribution in [3.8, 4) is 0 Å². The van der Waals surface area contributed by atoms with Gasteiger partial charge in [-0.05, 0) is 42.7 Å². The molecule has 0 fully saturated rings. The molecule has 2 aromatic carbocycles. The fourth-order valence-corrected chi connectivity index (χ4v) is 4.62. The highest BCUT2D eigenvalue weighted by atomic mass is 35.5. The van der Waals surface area contributed by atoms with Crippen LogP contribution in [-0.4, -0.2) is 51.0 Å². The van der Waals surface area contributed by atoms with Gasteiger partial charge in [0.2, 0.25) is 21.8 Å². The van der Waals surface area contributed by atoms with Gasteiger partial charge in [0.05, 0.1) is 11.9 Å². The molecule has 10 heteroatoms. The first-order valence-corrected chi connectivity index (χ1v) is 12.6. The van der Waals surface area contributed by atoms with E-state index in [1.807, 2.05) is 0 Å². The zero-order valence-corrected chi connectivity index (χ0v) is 20.8. The van der Waals surface area contributed by atoms with Crippen molar-refractivity contribution in [1.29, 1.82) is 0 Å². The largest absolute Gasteiger partial charge is 0.357 e. The third-order valence-corrected chi connectivity index (χ3v) is 7.02. The number of rotatable bonds is 9. The molecule has 2 aromatic rings. The second-order valence-electron chi connectivity index (χ2n) is 7.30. The third kappa shape index (κ3) is 6.15. The molecule has 2 amide bonds. The van der Waals surface area contributed by atoms with E-state index >= 15 is 0 Å². The standard InChI is InChI=1S/C22H27Cl2N3O4S/c1-5-19(22(29)25-3)26(13-16-9-6-7-10-18(16)24)21(28)14-27(32(4,30)31)20-12-8-11-17(23)15(20)2/h6-12,19H,5,13-14H2,1-4H3,(H,25,29)/t19-/m1/s1. The molecule has 0 aliphatic rings. The van der Waals surface area contributed by atoms with E-state index in [1.54, 1.807) is 56.3 Å². The molecule has 0 heterocycles. The Morgan fingerprint density at radius 3 is 2.25 bits per heavy atom. The number of benzene rings is 2. The van der Waals surface area contributed by atoms with Crippen molar-refractivity contribution in [1.82, 2.24) is 10.2 Å². The fourth-order valence-electron chi connectivity index (χ4n) is 3.36. The SMILES string of the molecule is CC[C@H](C(=O)NC)N(Cc1ccccc1Cl)C(=O)CN(c1cccc(Cl)c1C)S(C)(=O)=O. The summed E-state index contributed by atoms with van der Waals surface area (Å²) < 4.78 is 26.2. The van der Waals surface area contributed by atoms with Crippen LogP contribution >= 0.6 is 23.2 Å². The minimum absolute atomic E-state index is 0.0521. The summed E-state index contributed by atoms with van der Waals surface area (Å²) in [6.07, 6.45) is 1.36. The maximum Gasteiger partial charge on any atom is 0.244 e. The van der Waals surface area contributed by atoms with Crippen molar-refractivity contribution in [3.05, 3.63) is 63.6 Å². The summed E-state index contributed by atoms with van der Waals surface area (Å²) in [7, 11) is -2.34.